The van der Waals surface area contributed by atoms with Gasteiger partial charge < -0.3 is 10.1 Å². The maximum atomic E-state index is 13.9. The van der Waals surface area contributed by atoms with Gasteiger partial charge in [-0.2, -0.15) is 0 Å². The number of halogens is 1. The minimum Gasteiger partial charge on any atom is -0.490 e. The van der Waals surface area contributed by atoms with E-state index in [1.165, 1.54) is 18.2 Å². The summed E-state index contributed by atoms with van der Waals surface area (Å²) in [5, 5.41) is 4.37. The standard InChI is InChI=1S/C19H25FN4O6S/c1-12(14-5-6-15(20)16(9-14)30-11-13-3-4-13)23-31(28,29)8-2-7-21-18(26)24-10-17(25)22-19(24)27/h5-6,9,12-13,23H,2-4,7-8,10-11H2,1H3,(H,21,26)(H,22,25,27). The highest BCUT2D eigenvalue weighted by atomic mass is 32.2. The zero-order valence-electron chi connectivity index (χ0n) is 17.0. The fraction of sp³-hybridized carbons (Fsp3) is 0.526. The number of nitrogens with one attached hydrogen (secondary N) is 3. The van der Waals surface area contributed by atoms with Gasteiger partial charge in [-0.1, -0.05) is 6.07 Å². The van der Waals surface area contributed by atoms with Crippen molar-refractivity contribution in [1.29, 1.82) is 0 Å². The average Bonchev–Trinajstić information content (AvgIpc) is 3.46. The second-order valence-corrected chi connectivity index (χ2v) is 9.50. The number of rotatable bonds is 10. The topological polar surface area (TPSA) is 134 Å². The van der Waals surface area contributed by atoms with Gasteiger partial charge in [0.2, 0.25) is 15.9 Å². The number of imide groups is 2. The lowest BCUT2D eigenvalue weighted by molar-refractivity contribution is -0.118. The Kier molecular flexibility index (Phi) is 7.11. The summed E-state index contributed by atoms with van der Waals surface area (Å²) in [7, 11) is -3.69. The summed E-state index contributed by atoms with van der Waals surface area (Å²) < 4.78 is 46.6. The summed E-state index contributed by atoms with van der Waals surface area (Å²) >= 11 is 0. The molecule has 0 bridgehead atoms. The molecule has 1 aliphatic carbocycles. The molecule has 1 unspecified atom stereocenters. The Labute approximate surface area is 179 Å². The van der Waals surface area contributed by atoms with Gasteiger partial charge in [0, 0.05) is 12.6 Å². The van der Waals surface area contributed by atoms with Crippen LogP contribution in [0.5, 0.6) is 5.75 Å². The summed E-state index contributed by atoms with van der Waals surface area (Å²) in [5.74, 6) is -0.789. The van der Waals surface area contributed by atoms with Crippen molar-refractivity contribution in [2.45, 2.75) is 32.2 Å². The number of amides is 5. The summed E-state index contributed by atoms with van der Waals surface area (Å²) in [6, 6.07) is 2.04. The van der Waals surface area contributed by atoms with Crippen molar-refractivity contribution in [3.05, 3.63) is 29.6 Å². The maximum absolute atomic E-state index is 13.9. The molecule has 0 spiro atoms. The first-order valence-electron chi connectivity index (χ1n) is 9.96. The molecule has 12 heteroatoms. The molecular formula is C19H25FN4O6S. The van der Waals surface area contributed by atoms with Crippen LogP contribution in [0.3, 0.4) is 0 Å². The van der Waals surface area contributed by atoms with Crippen molar-refractivity contribution in [2.24, 2.45) is 5.92 Å². The van der Waals surface area contributed by atoms with E-state index in [0.717, 1.165) is 12.8 Å². The smallest absolute Gasteiger partial charge is 0.332 e. The molecule has 170 valence electrons. The average molecular weight is 456 g/mol. The number of carbonyl (C=O) groups is 3. The minimum atomic E-state index is -3.69. The Morgan fingerprint density at radius 2 is 2.10 bits per heavy atom. The molecule has 1 atom stereocenters. The van der Waals surface area contributed by atoms with E-state index in [4.69, 9.17) is 4.74 Å². The van der Waals surface area contributed by atoms with E-state index < -0.39 is 39.9 Å². The fourth-order valence-corrected chi connectivity index (χ4v) is 4.26. The van der Waals surface area contributed by atoms with Crippen molar-refractivity contribution in [3.63, 3.8) is 0 Å². The van der Waals surface area contributed by atoms with E-state index in [1.807, 2.05) is 5.32 Å². The third kappa shape index (κ3) is 6.62. The predicted octanol–water partition coefficient (Wildman–Crippen LogP) is 1.25. The van der Waals surface area contributed by atoms with Gasteiger partial charge in [-0.15, -0.1) is 0 Å². The highest BCUT2D eigenvalue weighted by Crippen LogP contribution is 2.31. The summed E-state index contributed by atoms with van der Waals surface area (Å²) in [4.78, 5) is 35.0. The van der Waals surface area contributed by atoms with E-state index in [1.54, 1.807) is 6.92 Å². The van der Waals surface area contributed by atoms with Crippen LogP contribution in [0.2, 0.25) is 0 Å². The molecule has 5 amide bonds. The molecule has 1 aromatic carbocycles. The normalized spacial score (nSPS) is 17.4. The Morgan fingerprint density at radius 3 is 2.74 bits per heavy atom. The van der Waals surface area contributed by atoms with Crippen LogP contribution in [-0.2, 0) is 14.8 Å². The lowest BCUT2D eigenvalue weighted by Crippen LogP contribution is -2.42. The number of carbonyl (C=O) groups excluding carboxylic acids is 3. The van der Waals surface area contributed by atoms with Gasteiger partial charge in [-0.25, -0.2) is 32.0 Å². The van der Waals surface area contributed by atoms with E-state index in [0.29, 0.717) is 23.0 Å². The monoisotopic (exact) mass is 456 g/mol. The van der Waals surface area contributed by atoms with Gasteiger partial charge in [0.15, 0.2) is 11.6 Å². The van der Waals surface area contributed by atoms with Crippen LogP contribution < -0.4 is 20.1 Å². The van der Waals surface area contributed by atoms with Crippen LogP contribution >= 0.6 is 0 Å². The third-order valence-electron chi connectivity index (χ3n) is 4.89. The predicted molar refractivity (Wildman–Crippen MR) is 108 cm³/mol. The Hall–Kier alpha value is -2.73. The molecule has 1 aromatic rings. The first kappa shape index (κ1) is 22.9. The number of ether oxygens (including phenoxy) is 1. The highest BCUT2D eigenvalue weighted by molar-refractivity contribution is 7.89. The van der Waals surface area contributed by atoms with E-state index in [-0.39, 0.29) is 31.0 Å². The van der Waals surface area contributed by atoms with Crippen LogP contribution in [0.4, 0.5) is 14.0 Å². The molecule has 0 aromatic heterocycles. The van der Waals surface area contributed by atoms with E-state index in [2.05, 4.69) is 10.0 Å². The molecule has 2 aliphatic rings. The van der Waals surface area contributed by atoms with E-state index >= 15 is 0 Å². The lowest BCUT2D eigenvalue weighted by atomic mass is 10.1. The molecule has 0 radical (unpaired) electrons. The van der Waals surface area contributed by atoms with Crippen molar-refractivity contribution in [3.8, 4) is 5.75 Å². The van der Waals surface area contributed by atoms with Gasteiger partial charge >= 0.3 is 12.1 Å². The molecule has 3 N–H and O–H groups in total. The quantitative estimate of drug-likeness (QED) is 0.358. The second-order valence-electron chi connectivity index (χ2n) is 7.63. The van der Waals surface area contributed by atoms with Crippen molar-refractivity contribution in [1.82, 2.24) is 20.3 Å². The van der Waals surface area contributed by atoms with Crippen molar-refractivity contribution in [2.75, 3.05) is 25.4 Å². The maximum Gasteiger partial charge on any atom is 0.332 e. The van der Waals surface area contributed by atoms with Gasteiger partial charge in [-0.3, -0.25) is 10.1 Å². The molecule has 1 heterocycles. The number of sulfonamides is 1. The van der Waals surface area contributed by atoms with Crippen LogP contribution in [0.1, 0.15) is 37.8 Å². The van der Waals surface area contributed by atoms with Crippen LogP contribution in [0.25, 0.3) is 0 Å². The first-order valence-corrected chi connectivity index (χ1v) is 11.6. The summed E-state index contributed by atoms with van der Waals surface area (Å²) in [6.07, 6.45) is 2.24. The van der Waals surface area contributed by atoms with Gasteiger partial charge in [0.1, 0.15) is 6.54 Å². The third-order valence-corrected chi connectivity index (χ3v) is 6.43. The molecule has 2 fully saturated rings. The Bertz CT molecular complexity index is 966. The minimum absolute atomic E-state index is 0.00178. The molecule has 1 saturated carbocycles. The Balaban J connectivity index is 1.45. The van der Waals surface area contributed by atoms with Gasteiger partial charge in [-0.05, 0) is 49.8 Å². The second kappa shape index (κ2) is 9.60. The fourth-order valence-electron chi connectivity index (χ4n) is 2.95. The van der Waals surface area contributed by atoms with Crippen molar-refractivity contribution >= 4 is 28.0 Å². The van der Waals surface area contributed by atoms with Gasteiger partial charge in [0.05, 0.1) is 12.4 Å². The van der Waals surface area contributed by atoms with Crippen LogP contribution in [-0.4, -0.2) is 56.7 Å². The molecule has 1 aliphatic heterocycles. The highest BCUT2D eigenvalue weighted by Gasteiger charge is 2.31. The Morgan fingerprint density at radius 1 is 1.35 bits per heavy atom. The number of benzene rings is 1. The number of hydrogen-bond acceptors (Lipinski definition) is 6. The molecule has 31 heavy (non-hydrogen) atoms. The number of hydrogen-bond donors (Lipinski definition) is 3. The van der Waals surface area contributed by atoms with Crippen LogP contribution in [0, 0.1) is 11.7 Å². The molecule has 10 nitrogen and oxygen atoms in total. The summed E-state index contributed by atoms with van der Waals surface area (Å²) in [6.45, 7) is 1.72. The molecule has 3 rings (SSSR count). The van der Waals surface area contributed by atoms with E-state index in [9.17, 15) is 27.2 Å². The SMILES string of the molecule is CC(NS(=O)(=O)CCCNC(=O)N1CC(=O)NC1=O)c1ccc(F)c(OCC2CC2)c1. The van der Waals surface area contributed by atoms with Crippen LogP contribution in [0.15, 0.2) is 18.2 Å². The zero-order valence-corrected chi connectivity index (χ0v) is 17.8. The molecule has 1 saturated heterocycles. The van der Waals surface area contributed by atoms with Gasteiger partial charge in [0.25, 0.3) is 0 Å². The number of urea groups is 2. The first-order chi connectivity index (χ1) is 14.6. The largest absolute Gasteiger partial charge is 0.490 e. The van der Waals surface area contributed by atoms with Crippen molar-refractivity contribution < 1.29 is 31.9 Å². The summed E-state index contributed by atoms with van der Waals surface area (Å²) in [5.41, 5.74) is 0.564. The number of nitrogens with zero attached hydrogens (tertiary/aromatic N) is 1. The molecular weight excluding hydrogens is 431 g/mol. The zero-order chi connectivity index (χ0) is 22.6. The lowest BCUT2D eigenvalue weighted by Gasteiger charge is -2.17.